The standard InChI is InChI=1S/C14H24N2O/c1-2-8-16-9-12-10-17-15-13(12)14(11-16)6-4-3-5-7-14/h2,12-13,15H,1,3-11H2/t12-,13+/m0/s1. The molecule has 96 valence electrons. The van der Waals surface area contributed by atoms with Crippen LogP contribution >= 0.6 is 0 Å². The number of hydroxylamine groups is 1. The van der Waals surface area contributed by atoms with Gasteiger partial charge in [0.25, 0.3) is 0 Å². The lowest BCUT2D eigenvalue weighted by Gasteiger charge is -2.50. The van der Waals surface area contributed by atoms with Gasteiger partial charge in [0.1, 0.15) is 0 Å². The van der Waals surface area contributed by atoms with Crippen LogP contribution < -0.4 is 5.48 Å². The molecule has 3 aliphatic rings. The number of hydrogen-bond acceptors (Lipinski definition) is 3. The van der Waals surface area contributed by atoms with E-state index < -0.39 is 0 Å². The highest BCUT2D eigenvalue weighted by Gasteiger charge is 2.50. The summed E-state index contributed by atoms with van der Waals surface area (Å²) >= 11 is 0. The molecule has 1 saturated carbocycles. The molecule has 17 heavy (non-hydrogen) atoms. The molecule has 0 aromatic carbocycles. The van der Waals surface area contributed by atoms with Crippen LogP contribution in [0.25, 0.3) is 0 Å². The summed E-state index contributed by atoms with van der Waals surface area (Å²) in [4.78, 5) is 8.12. The molecule has 0 radical (unpaired) electrons. The molecular weight excluding hydrogens is 212 g/mol. The number of rotatable bonds is 2. The third-order valence-electron chi connectivity index (χ3n) is 4.91. The molecule has 0 bridgehead atoms. The highest BCUT2D eigenvalue weighted by molar-refractivity contribution is 5.03. The Morgan fingerprint density at radius 3 is 2.94 bits per heavy atom. The molecule has 2 aliphatic heterocycles. The van der Waals surface area contributed by atoms with Crippen LogP contribution in [0.3, 0.4) is 0 Å². The van der Waals surface area contributed by atoms with Crippen LogP contribution in [0, 0.1) is 11.3 Å². The fraction of sp³-hybridized carbons (Fsp3) is 0.857. The highest BCUT2D eigenvalue weighted by atomic mass is 16.7. The van der Waals surface area contributed by atoms with Crippen molar-refractivity contribution in [3.63, 3.8) is 0 Å². The fourth-order valence-electron chi connectivity index (χ4n) is 4.21. The maximum atomic E-state index is 5.54. The van der Waals surface area contributed by atoms with Crippen molar-refractivity contribution in [3.05, 3.63) is 12.7 Å². The predicted molar refractivity (Wildman–Crippen MR) is 68.5 cm³/mol. The van der Waals surface area contributed by atoms with Crippen LogP contribution in [0.5, 0.6) is 0 Å². The number of nitrogens with zero attached hydrogens (tertiary/aromatic N) is 1. The summed E-state index contributed by atoms with van der Waals surface area (Å²) in [6.45, 7) is 8.21. The summed E-state index contributed by atoms with van der Waals surface area (Å²) in [5.41, 5.74) is 3.80. The Hall–Kier alpha value is -0.380. The van der Waals surface area contributed by atoms with E-state index in [9.17, 15) is 0 Å². The van der Waals surface area contributed by atoms with Crippen molar-refractivity contribution in [2.75, 3.05) is 26.2 Å². The Morgan fingerprint density at radius 1 is 1.35 bits per heavy atom. The zero-order valence-corrected chi connectivity index (χ0v) is 10.7. The Balaban J connectivity index is 1.80. The topological polar surface area (TPSA) is 24.5 Å². The number of hydrogen-bond donors (Lipinski definition) is 1. The van der Waals surface area contributed by atoms with Gasteiger partial charge in [-0.05, 0) is 12.8 Å². The van der Waals surface area contributed by atoms with Crippen molar-refractivity contribution < 1.29 is 4.84 Å². The van der Waals surface area contributed by atoms with Gasteiger partial charge in [-0.1, -0.05) is 25.3 Å². The van der Waals surface area contributed by atoms with Crippen LogP contribution in [-0.4, -0.2) is 37.2 Å². The van der Waals surface area contributed by atoms with E-state index in [2.05, 4.69) is 17.0 Å². The average Bonchev–Trinajstić information content (AvgIpc) is 2.80. The fourth-order valence-corrected chi connectivity index (χ4v) is 4.21. The molecule has 2 atom stereocenters. The number of nitrogens with one attached hydrogen (secondary N) is 1. The van der Waals surface area contributed by atoms with E-state index in [1.54, 1.807) is 0 Å². The predicted octanol–water partition coefficient (Wildman–Crippen LogP) is 1.96. The molecular formula is C14H24N2O. The molecule has 0 aromatic heterocycles. The third kappa shape index (κ3) is 2.05. The zero-order valence-electron chi connectivity index (χ0n) is 10.7. The molecule has 0 unspecified atom stereocenters. The Labute approximate surface area is 104 Å². The first kappa shape index (κ1) is 11.7. The van der Waals surface area contributed by atoms with Gasteiger partial charge in [0, 0.05) is 37.0 Å². The van der Waals surface area contributed by atoms with Gasteiger partial charge in [-0.25, -0.2) is 0 Å². The van der Waals surface area contributed by atoms with Gasteiger partial charge < -0.3 is 4.84 Å². The molecule has 3 fully saturated rings. The summed E-state index contributed by atoms with van der Waals surface area (Å²) in [6, 6.07) is 0.601. The number of likely N-dealkylation sites (tertiary alicyclic amines) is 1. The Bertz CT molecular complexity index is 286. The molecule has 1 N–H and O–H groups in total. The van der Waals surface area contributed by atoms with Crippen LogP contribution in [0.4, 0.5) is 0 Å². The molecule has 3 rings (SSSR count). The third-order valence-corrected chi connectivity index (χ3v) is 4.91. The SMILES string of the molecule is C=CCN1C[C@H]2CON[C@H]2C2(CCCCC2)C1. The van der Waals surface area contributed by atoms with Crippen molar-refractivity contribution in [3.8, 4) is 0 Å². The van der Waals surface area contributed by atoms with Crippen molar-refractivity contribution in [1.29, 1.82) is 0 Å². The molecule has 1 aliphatic carbocycles. The van der Waals surface area contributed by atoms with E-state index in [1.807, 2.05) is 6.08 Å². The molecule has 3 nitrogen and oxygen atoms in total. The minimum atomic E-state index is 0.473. The molecule has 3 heteroatoms. The van der Waals surface area contributed by atoms with E-state index in [0.717, 1.165) is 13.2 Å². The number of piperidine rings is 1. The van der Waals surface area contributed by atoms with Gasteiger partial charge in [0.15, 0.2) is 0 Å². The molecule has 2 heterocycles. The second-order valence-corrected chi connectivity index (χ2v) is 6.07. The molecule has 0 amide bonds. The van der Waals surface area contributed by atoms with E-state index in [0.29, 0.717) is 17.4 Å². The monoisotopic (exact) mass is 236 g/mol. The van der Waals surface area contributed by atoms with Crippen molar-refractivity contribution in [2.24, 2.45) is 11.3 Å². The van der Waals surface area contributed by atoms with Crippen LogP contribution in [-0.2, 0) is 4.84 Å². The Morgan fingerprint density at radius 2 is 2.18 bits per heavy atom. The van der Waals surface area contributed by atoms with Gasteiger partial charge in [-0.2, -0.15) is 5.48 Å². The van der Waals surface area contributed by atoms with Gasteiger partial charge in [0.05, 0.1) is 6.61 Å². The zero-order chi connectivity index (χ0) is 11.7. The first-order valence-electron chi connectivity index (χ1n) is 7.05. The lowest BCUT2D eigenvalue weighted by molar-refractivity contribution is -0.00866. The Kier molecular flexibility index (Phi) is 3.24. The maximum Gasteiger partial charge on any atom is 0.0738 e. The molecule has 1 spiro atoms. The van der Waals surface area contributed by atoms with Gasteiger partial charge in [0.2, 0.25) is 0 Å². The smallest absolute Gasteiger partial charge is 0.0738 e. The van der Waals surface area contributed by atoms with E-state index in [1.165, 1.54) is 45.2 Å². The minimum Gasteiger partial charge on any atom is -0.301 e. The second kappa shape index (κ2) is 4.71. The largest absolute Gasteiger partial charge is 0.301 e. The van der Waals surface area contributed by atoms with Gasteiger partial charge >= 0.3 is 0 Å². The van der Waals surface area contributed by atoms with Gasteiger partial charge in [-0.15, -0.1) is 6.58 Å². The first-order chi connectivity index (χ1) is 8.34. The van der Waals surface area contributed by atoms with Crippen LogP contribution in [0.1, 0.15) is 32.1 Å². The van der Waals surface area contributed by atoms with Crippen molar-refractivity contribution >= 4 is 0 Å². The summed E-state index contributed by atoms with van der Waals surface area (Å²) < 4.78 is 0. The van der Waals surface area contributed by atoms with Crippen molar-refractivity contribution in [2.45, 2.75) is 38.1 Å². The maximum absolute atomic E-state index is 5.54. The number of fused-ring (bicyclic) bond motifs is 2. The lowest BCUT2D eigenvalue weighted by atomic mass is 9.64. The van der Waals surface area contributed by atoms with E-state index in [4.69, 9.17) is 4.84 Å². The van der Waals surface area contributed by atoms with Crippen LogP contribution in [0.2, 0.25) is 0 Å². The average molecular weight is 236 g/mol. The van der Waals surface area contributed by atoms with E-state index in [-0.39, 0.29) is 0 Å². The van der Waals surface area contributed by atoms with Crippen molar-refractivity contribution in [1.82, 2.24) is 10.4 Å². The quantitative estimate of drug-likeness (QED) is 0.742. The normalized spacial score (nSPS) is 36.9. The lowest BCUT2D eigenvalue weighted by Crippen LogP contribution is -2.59. The van der Waals surface area contributed by atoms with Gasteiger partial charge in [-0.3, -0.25) is 4.90 Å². The first-order valence-corrected chi connectivity index (χ1v) is 7.05. The summed E-state index contributed by atoms with van der Waals surface area (Å²) in [5.74, 6) is 0.682. The minimum absolute atomic E-state index is 0.473. The summed E-state index contributed by atoms with van der Waals surface area (Å²) in [7, 11) is 0. The second-order valence-electron chi connectivity index (χ2n) is 6.07. The summed E-state index contributed by atoms with van der Waals surface area (Å²) in [6.07, 6.45) is 9.00. The molecule has 2 saturated heterocycles. The molecule has 0 aromatic rings. The van der Waals surface area contributed by atoms with E-state index >= 15 is 0 Å². The summed E-state index contributed by atoms with van der Waals surface area (Å²) in [5, 5.41) is 0. The van der Waals surface area contributed by atoms with Crippen LogP contribution in [0.15, 0.2) is 12.7 Å². The highest BCUT2D eigenvalue weighted by Crippen LogP contribution is 2.46.